The number of unbranched alkanes of at least 4 members (excludes halogenated alkanes) is 1. The van der Waals surface area contributed by atoms with Crippen molar-refractivity contribution < 1.29 is 14.3 Å². The summed E-state index contributed by atoms with van der Waals surface area (Å²) in [6.07, 6.45) is 5.27. The van der Waals surface area contributed by atoms with Crippen LogP contribution in [0, 0.1) is 16.7 Å². The minimum absolute atomic E-state index is 0.0794. The van der Waals surface area contributed by atoms with Crippen molar-refractivity contribution in [2.75, 3.05) is 6.54 Å². The van der Waals surface area contributed by atoms with Gasteiger partial charge in [-0.1, -0.05) is 34.1 Å². The topological polar surface area (TPSA) is 69.4 Å². The number of allylic oxidation sites excluding steroid dienone is 4. The van der Waals surface area contributed by atoms with Crippen molar-refractivity contribution in [2.24, 2.45) is 22.5 Å². The van der Waals surface area contributed by atoms with E-state index < -0.39 is 0 Å². The van der Waals surface area contributed by atoms with Gasteiger partial charge in [-0.3, -0.25) is 9.59 Å². The van der Waals surface area contributed by atoms with Gasteiger partial charge in [-0.25, -0.2) is 0 Å². The molecule has 0 atom stereocenters. The summed E-state index contributed by atoms with van der Waals surface area (Å²) in [6.45, 7) is 9.09. The number of rotatable bonds is 4. The van der Waals surface area contributed by atoms with Crippen LogP contribution in [0.15, 0.2) is 22.7 Å². The van der Waals surface area contributed by atoms with E-state index in [1.807, 2.05) is 0 Å². The molecule has 0 aromatic heterocycles. The Balaban J connectivity index is 2.01. The van der Waals surface area contributed by atoms with Crippen LogP contribution in [0.3, 0.4) is 0 Å². The fraction of sp³-hybridized carbons (Fsp3) is 0.714. The number of ether oxygens (including phenoxy) is 1. The first kappa shape index (κ1) is 18.4. The molecular formula is C21H31NO3. The zero-order chi connectivity index (χ0) is 18.4. The van der Waals surface area contributed by atoms with Crippen molar-refractivity contribution in [3.8, 4) is 0 Å². The van der Waals surface area contributed by atoms with E-state index in [1.54, 1.807) is 0 Å². The summed E-state index contributed by atoms with van der Waals surface area (Å²) < 4.78 is 6.24. The lowest BCUT2D eigenvalue weighted by Crippen LogP contribution is -2.38. The van der Waals surface area contributed by atoms with Crippen LogP contribution < -0.4 is 5.73 Å². The third-order valence-electron chi connectivity index (χ3n) is 5.65. The Hall–Kier alpha value is -1.42. The van der Waals surface area contributed by atoms with Crippen molar-refractivity contribution in [2.45, 2.75) is 72.6 Å². The molecule has 1 aliphatic heterocycles. The second-order valence-corrected chi connectivity index (χ2v) is 9.49. The van der Waals surface area contributed by atoms with Gasteiger partial charge in [0.05, 0.1) is 0 Å². The van der Waals surface area contributed by atoms with Crippen molar-refractivity contribution >= 4 is 11.6 Å². The van der Waals surface area contributed by atoms with Crippen LogP contribution >= 0.6 is 0 Å². The summed E-state index contributed by atoms with van der Waals surface area (Å²) in [5.41, 5.74) is 7.05. The Morgan fingerprint density at radius 2 is 1.36 bits per heavy atom. The van der Waals surface area contributed by atoms with E-state index in [0.717, 1.165) is 54.8 Å². The second-order valence-electron chi connectivity index (χ2n) is 9.49. The van der Waals surface area contributed by atoms with Crippen LogP contribution in [0.25, 0.3) is 0 Å². The molecule has 3 aliphatic rings. The quantitative estimate of drug-likeness (QED) is 0.781. The molecule has 138 valence electrons. The van der Waals surface area contributed by atoms with Crippen LogP contribution in [0.4, 0.5) is 0 Å². The molecule has 0 radical (unpaired) electrons. The lowest BCUT2D eigenvalue weighted by atomic mass is 9.66. The first-order chi connectivity index (χ1) is 11.6. The summed E-state index contributed by atoms with van der Waals surface area (Å²) in [5, 5.41) is 0. The number of carbonyl (C=O) groups is 2. The molecule has 3 rings (SSSR count). The zero-order valence-electron chi connectivity index (χ0n) is 16.0. The van der Waals surface area contributed by atoms with Gasteiger partial charge < -0.3 is 10.5 Å². The predicted octanol–water partition coefficient (Wildman–Crippen LogP) is 4.05. The first-order valence-corrected chi connectivity index (χ1v) is 9.54. The minimum atomic E-state index is -0.0856. The van der Waals surface area contributed by atoms with Crippen molar-refractivity contribution in [1.82, 2.24) is 0 Å². The van der Waals surface area contributed by atoms with E-state index in [2.05, 4.69) is 27.7 Å². The first-order valence-electron chi connectivity index (χ1n) is 9.54. The lowest BCUT2D eigenvalue weighted by molar-refractivity contribution is -0.120. The lowest BCUT2D eigenvalue weighted by Gasteiger charge is -2.42. The van der Waals surface area contributed by atoms with Crippen LogP contribution in [0.1, 0.15) is 72.6 Å². The molecule has 0 spiro atoms. The highest BCUT2D eigenvalue weighted by molar-refractivity contribution is 6.04. The standard InChI is InChI=1S/C21H31NO3/c1-20(2)9-14(23)18-13(7-5-6-8-22)19-15(24)10-21(3,4)12-17(19)25-16(18)11-20/h13H,5-12,22H2,1-4H3. The highest BCUT2D eigenvalue weighted by Crippen LogP contribution is 2.51. The smallest absolute Gasteiger partial charge is 0.163 e. The molecule has 0 amide bonds. The molecule has 25 heavy (non-hydrogen) atoms. The Labute approximate surface area is 150 Å². The highest BCUT2D eigenvalue weighted by atomic mass is 16.5. The monoisotopic (exact) mass is 345 g/mol. The average Bonchev–Trinajstić information content (AvgIpc) is 2.43. The number of nitrogens with two attached hydrogens (primary N) is 1. The molecule has 0 fully saturated rings. The summed E-state index contributed by atoms with van der Waals surface area (Å²) in [4.78, 5) is 25.8. The van der Waals surface area contributed by atoms with Crippen molar-refractivity contribution in [1.29, 1.82) is 0 Å². The third kappa shape index (κ3) is 3.59. The number of hydrogen-bond donors (Lipinski definition) is 1. The maximum Gasteiger partial charge on any atom is 0.163 e. The Kier molecular flexibility index (Phi) is 4.69. The van der Waals surface area contributed by atoms with Gasteiger partial charge in [0, 0.05) is 42.7 Å². The summed E-state index contributed by atoms with van der Waals surface area (Å²) in [7, 11) is 0. The molecule has 4 heteroatoms. The highest BCUT2D eigenvalue weighted by Gasteiger charge is 2.46. The molecule has 0 aromatic rings. The molecule has 0 saturated carbocycles. The number of carbonyl (C=O) groups excluding carboxylic acids is 2. The maximum atomic E-state index is 12.9. The SMILES string of the molecule is CC1(C)CC(=O)C2=C(C1)OC1=C(C(=O)CC(C)(C)C1)C2CCCCN. The van der Waals surface area contributed by atoms with Crippen LogP contribution in [-0.2, 0) is 14.3 Å². The Morgan fingerprint density at radius 3 is 1.80 bits per heavy atom. The van der Waals surface area contributed by atoms with Gasteiger partial charge in [-0.2, -0.15) is 0 Å². The molecule has 0 aromatic carbocycles. The third-order valence-corrected chi connectivity index (χ3v) is 5.65. The predicted molar refractivity (Wildman–Crippen MR) is 97.6 cm³/mol. The van der Waals surface area contributed by atoms with Gasteiger partial charge in [0.25, 0.3) is 0 Å². The minimum Gasteiger partial charge on any atom is -0.465 e. The van der Waals surface area contributed by atoms with Gasteiger partial charge in [0.2, 0.25) is 0 Å². The summed E-state index contributed by atoms with van der Waals surface area (Å²) >= 11 is 0. The number of Topliss-reactive ketones (excluding diaryl/α,β-unsaturated/α-hetero) is 2. The van der Waals surface area contributed by atoms with Crippen LogP contribution in [0.2, 0.25) is 0 Å². The van der Waals surface area contributed by atoms with Crippen LogP contribution in [0.5, 0.6) is 0 Å². The fourth-order valence-electron chi connectivity index (χ4n) is 4.59. The Morgan fingerprint density at radius 1 is 0.880 bits per heavy atom. The number of ketones is 2. The summed E-state index contributed by atoms with van der Waals surface area (Å²) in [6, 6.07) is 0. The second kappa shape index (κ2) is 6.39. The molecule has 4 nitrogen and oxygen atoms in total. The van der Waals surface area contributed by atoms with Crippen molar-refractivity contribution in [3.05, 3.63) is 22.7 Å². The van der Waals surface area contributed by atoms with E-state index in [4.69, 9.17) is 10.5 Å². The molecule has 0 bridgehead atoms. The molecule has 0 saturated heterocycles. The normalized spacial score (nSPS) is 25.6. The van der Waals surface area contributed by atoms with Gasteiger partial charge in [-0.05, 0) is 30.2 Å². The van der Waals surface area contributed by atoms with Gasteiger partial charge in [-0.15, -0.1) is 0 Å². The van der Waals surface area contributed by atoms with E-state index >= 15 is 0 Å². The zero-order valence-corrected chi connectivity index (χ0v) is 16.0. The fourth-order valence-corrected chi connectivity index (χ4v) is 4.59. The van der Waals surface area contributed by atoms with Gasteiger partial charge >= 0.3 is 0 Å². The largest absolute Gasteiger partial charge is 0.465 e. The molecule has 2 aliphatic carbocycles. The maximum absolute atomic E-state index is 12.9. The van der Waals surface area contributed by atoms with Crippen molar-refractivity contribution in [3.63, 3.8) is 0 Å². The average molecular weight is 345 g/mol. The van der Waals surface area contributed by atoms with Gasteiger partial charge in [0.15, 0.2) is 11.6 Å². The Bertz CT molecular complexity index is 615. The molecule has 2 N–H and O–H groups in total. The summed E-state index contributed by atoms with van der Waals surface area (Å²) in [5.74, 6) is 1.88. The van der Waals surface area contributed by atoms with Crippen LogP contribution in [-0.4, -0.2) is 18.1 Å². The van der Waals surface area contributed by atoms with E-state index in [-0.39, 0.29) is 28.3 Å². The molecular weight excluding hydrogens is 314 g/mol. The van der Waals surface area contributed by atoms with Gasteiger partial charge in [0.1, 0.15) is 11.5 Å². The number of hydrogen-bond acceptors (Lipinski definition) is 4. The molecule has 0 unspecified atom stereocenters. The van der Waals surface area contributed by atoms with E-state index in [1.165, 1.54) is 0 Å². The molecule has 1 heterocycles. The van der Waals surface area contributed by atoms with E-state index in [0.29, 0.717) is 19.4 Å². The van der Waals surface area contributed by atoms with E-state index in [9.17, 15) is 9.59 Å².